The van der Waals surface area contributed by atoms with Gasteiger partial charge in [0.15, 0.2) is 0 Å². The molecule has 2 aromatic rings. The van der Waals surface area contributed by atoms with Crippen molar-refractivity contribution in [3.8, 4) is 11.3 Å². The van der Waals surface area contributed by atoms with Crippen molar-refractivity contribution in [1.29, 1.82) is 0 Å². The van der Waals surface area contributed by atoms with E-state index in [0.717, 1.165) is 42.4 Å². The van der Waals surface area contributed by atoms with Crippen LogP contribution in [0, 0.1) is 6.92 Å². The predicted octanol–water partition coefficient (Wildman–Crippen LogP) is 0.685. The lowest BCUT2D eigenvalue weighted by Crippen LogP contribution is -2.28. The Kier molecular flexibility index (Phi) is 1.85. The first-order valence-electron chi connectivity index (χ1n) is 5.12. The minimum atomic E-state index is 0.858. The molecule has 15 heavy (non-hydrogen) atoms. The standard InChI is InChI=1S/C10H13N5/c1-7-8(4-13-14-7)9-5-12-10-6-11-2-3-15(9)10/h4-5,11H,2-3,6H2,1H3,(H,13,14). The molecule has 0 atom stereocenters. The zero-order chi connectivity index (χ0) is 10.3. The van der Waals surface area contributed by atoms with Crippen molar-refractivity contribution < 1.29 is 0 Å². The molecule has 5 heteroatoms. The molecule has 3 heterocycles. The molecule has 1 aliphatic rings. The lowest BCUT2D eigenvalue weighted by molar-refractivity contribution is 0.508. The Morgan fingerprint density at radius 2 is 2.33 bits per heavy atom. The van der Waals surface area contributed by atoms with Crippen molar-refractivity contribution in [2.45, 2.75) is 20.0 Å². The van der Waals surface area contributed by atoms with Crippen LogP contribution in [0.1, 0.15) is 11.5 Å². The maximum Gasteiger partial charge on any atom is 0.123 e. The summed E-state index contributed by atoms with van der Waals surface area (Å²) in [5.41, 5.74) is 3.41. The molecule has 0 fully saturated rings. The van der Waals surface area contributed by atoms with Crippen LogP contribution in [0.25, 0.3) is 11.3 Å². The predicted molar refractivity (Wildman–Crippen MR) is 56.3 cm³/mol. The van der Waals surface area contributed by atoms with E-state index in [1.165, 1.54) is 0 Å². The van der Waals surface area contributed by atoms with E-state index >= 15 is 0 Å². The van der Waals surface area contributed by atoms with Crippen LogP contribution in [0.4, 0.5) is 0 Å². The average molecular weight is 203 g/mol. The van der Waals surface area contributed by atoms with Crippen molar-refractivity contribution in [1.82, 2.24) is 25.1 Å². The molecular weight excluding hydrogens is 190 g/mol. The van der Waals surface area contributed by atoms with Gasteiger partial charge < -0.3 is 9.88 Å². The van der Waals surface area contributed by atoms with Gasteiger partial charge in [-0.25, -0.2) is 4.98 Å². The van der Waals surface area contributed by atoms with E-state index in [-0.39, 0.29) is 0 Å². The molecule has 0 amide bonds. The van der Waals surface area contributed by atoms with Crippen molar-refractivity contribution in [2.24, 2.45) is 0 Å². The van der Waals surface area contributed by atoms with Gasteiger partial charge >= 0.3 is 0 Å². The van der Waals surface area contributed by atoms with Gasteiger partial charge in [-0.2, -0.15) is 5.10 Å². The van der Waals surface area contributed by atoms with Gasteiger partial charge in [-0.15, -0.1) is 0 Å². The summed E-state index contributed by atoms with van der Waals surface area (Å²) in [6, 6.07) is 0. The molecule has 0 bridgehead atoms. The monoisotopic (exact) mass is 203 g/mol. The van der Waals surface area contributed by atoms with Crippen LogP contribution < -0.4 is 5.32 Å². The van der Waals surface area contributed by atoms with E-state index in [2.05, 4.69) is 25.1 Å². The maximum atomic E-state index is 4.41. The Morgan fingerprint density at radius 1 is 1.40 bits per heavy atom. The fourth-order valence-corrected chi connectivity index (χ4v) is 2.02. The number of hydrogen-bond donors (Lipinski definition) is 2. The zero-order valence-electron chi connectivity index (χ0n) is 8.62. The van der Waals surface area contributed by atoms with Crippen LogP contribution in [0.2, 0.25) is 0 Å². The van der Waals surface area contributed by atoms with Crippen LogP contribution in [-0.4, -0.2) is 26.3 Å². The van der Waals surface area contributed by atoms with E-state index in [9.17, 15) is 0 Å². The minimum absolute atomic E-state index is 0.858. The highest BCUT2D eigenvalue weighted by molar-refractivity contribution is 5.61. The van der Waals surface area contributed by atoms with E-state index in [1.807, 2.05) is 19.3 Å². The van der Waals surface area contributed by atoms with Gasteiger partial charge in [0.05, 0.1) is 24.6 Å². The first-order chi connectivity index (χ1) is 7.36. The molecule has 0 aromatic carbocycles. The number of aryl methyl sites for hydroxylation is 1. The average Bonchev–Trinajstić information content (AvgIpc) is 2.83. The number of fused-ring (bicyclic) bond motifs is 1. The molecule has 0 unspecified atom stereocenters. The Hall–Kier alpha value is -1.62. The molecular formula is C10H13N5. The number of rotatable bonds is 1. The molecule has 3 rings (SSSR count). The smallest absolute Gasteiger partial charge is 0.123 e. The molecule has 0 spiro atoms. The molecule has 0 aliphatic carbocycles. The quantitative estimate of drug-likeness (QED) is 0.716. The number of nitrogens with zero attached hydrogens (tertiary/aromatic N) is 3. The van der Waals surface area contributed by atoms with E-state index in [0.29, 0.717) is 0 Å². The Balaban J connectivity index is 2.13. The van der Waals surface area contributed by atoms with E-state index < -0.39 is 0 Å². The second-order valence-electron chi connectivity index (χ2n) is 3.80. The Labute approximate surface area is 87.5 Å². The fraction of sp³-hybridized carbons (Fsp3) is 0.400. The van der Waals surface area contributed by atoms with Gasteiger partial charge in [-0.3, -0.25) is 5.10 Å². The van der Waals surface area contributed by atoms with Crippen LogP contribution in [0.15, 0.2) is 12.4 Å². The molecule has 0 radical (unpaired) electrons. The molecule has 0 saturated heterocycles. The fourth-order valence-electron chi connectivity index (χ4n) is 2.02. The third kappa shape index (κ3) is 1.27. The summed E-state index contributed by atoms with van der Waals surface area (Å²) in [6.07, 6.45) is 3.79. The highest BCUT2D eigenvalue weighted by Crippen LogP contribution is 2.23. The van der Waals surface area contributed by atoms with E-state index in [1.54, 1.807) is 0 Å². The topological polar surface area (TPSA) is 58.5 Å². The Morgan fingerprint density at radius 3 is 3.13 bits per heavy atom. The summed E-state index contributed by atoms with van der Waals surface area (Å²) in [5, 5.41) is 10.3. The lowest BCUT2D eigenvalue weighted by Gasteiger charge is -2.17. The highest BCUT2D eigenvalue weighted by atomic mass is 15.2. The van der Waals surface area contributed by atoms with E-state index in [4.69, 9.17) is 0 Å². The van der Waals surface area contributed by atoms with Gasteiger partial charge in [-0.05, 0) is 6.92 Å². The zero-order valence-corrected chi connectivity index (χ0v) is 8.62. The number of hydrogen-bond acceptors (Lipinski definition) is 3. The largest absolute Gasteiger partial charge is 0.326 e. The summed E-state index contributed by atoms with van der Waals surface area (Å²) < 4.78 is 2.26. The molecule has 2 aromatic heterocycles. The first kappa shape index (κ1) is 8.67. The summed E-state index contributed by atoms with van der Waals surface area (Å²) in [4.78, 5) is 4.41. The van der Waals surface area contributed by atoms with Gasteiger partial charge in [-0.1, -0.05) is 0 Å². The summed E-state index contributed by atoms with van der Waals surface area (Å²) >= 11 is 0. The number of H-pyrrole nitrogens is 1. The minimum Gasteiger partial charge on any atom is -0.326 e. The molecule has 1 aliphatic heterocycles. The van der Waals surface area contributed by atoms with Gasteiger partial charge in [0.1, 0.15) is 5.82 Å². The molecule has 5 nitrogen and oxygen atoms in total. The maximum absolute atomic E-state index is 4.41. The number of aromatic nitrogens is 4. The second-order valence-corrected chi connectivity index (χ2v) is 3.80. The highest BCUT2D eigenvalue weighted by Gasteiger charge is 2.16. The number of nitrogens with one attached hydrogen (secondary N) is 2. The van der Waals surface area contributed by atoms with Crippen molar-refractivity contribution >= 4 is 0 Å². The summed E-state index contributed by atoms with van der Waals surface area (Å²) in [5.74, 6) is 1.11. The SMILES string of the molecule is Cc1[nH]ncc1-c1cnc2n1CCNC2. The van der Waals surface area contributed by atoms with Crippen LogP contribution in [0.3, 0.4) is 0 Å². The lowest BCUT2D eigenvalue weighted by atomic mass is 10.2. The van der Waals surface area contributed by atoms with Crippen molar-refractivity contribution in [3.05, 3.63) is 23.9 Å². The summed E-state index contributed by atoms with van der Waals surface area (Å²) in [6.45, 7) is 4.88. The summed E-state index contributed by atoms with van der Waals surface area (Å²) in [7, 11) is 0. The molecule has 78 valence electrons. The van der Waals surface area contributed by atoms with Crippen molar-refractivity contribution in [3.63, 3.8) is 0 Å². The third-order valence-corrected chi connectivity index (χ3v) is 2.84. The van der Waals surface area contributed by atoms with Gasteiger partial charge in [0.25, 0.3) is 0 Å². The van der Waals surface area contributed by atoms with Crippen LogP contribution in [0.5, 0.6) is 0 Å². The normalized spacial score (nSPS) is 15.3. The third-order valence-electron chi connectivity index (χ3n) is 2.84. The van der Waals surface area contributed by atoms with Crippen LogP contribution in [-0.2, 0) is 13.1 Å². The molecule has 2 N–H and O–H groups in total. The molecule has 0 saturated carbocycles. The number of imidazole rings is 1. The number of aromatic amines is 1. The Bertz CT molecular complexity index is 482. The van der Waals surface area contributed by atoms with Gasteiger partial charge in [0.2, 0.25) is 0 Å². The second kappa shape index (κ2) is 3.20. The van der Waals surface area contributed by atoms with Crippen molar-refractivity contribution in [2.75, 3.05) is 6.54 Å². The van der Waals surface area contributed by atoms with Crippen LogP contribution >= 0.6 is 0 Å². The first-order valence-corrected chi connectivity index (χ1v) is 5.12. The van der Waals surface area contributed by atoms with Gasteiger partial charge in [0, 0.05) is 24.3 Å².